The fourth-order valence-electron chi connectivity index (χ4n) is 4.11. The molecule has 1 aromatic carbocycles. The molecule has 0 radical (unpaired) electrons. The number of carbonyl (C=O) groups excluding carboxylic acids is 1. The zero-order valence-electron chi connectivity index (χ0n) is 20.1. The predicted octanol–water partition coefficient (Wildman–Crippen LogP) is 2.01. The molecule has 10 nitrogen and oxygen atoms in total. The Balaban J connectivity index is 1.64. The number of nitrogens with two attached hydrogens (primary N) is 2. The number of hydrogen-bond acceptors (Lipinski definition) is 7. The second-order valence-corrected chi connectivity index (χ2v) is 8.49. The highest BCUT2D eigenvalue weighted by molar-refractivity contribution is 6.09. The van der Waals surface area contributed by atoms with E-state index in [-0.39, 0.29) is 30.8 Å². The van der Waals surface area contributed by atoms with Crippen LogP contribution in [0.25, 0.3) is 0 Å². The van der Waals surface area contributed by atoms with Crippen LogP contribution in [0.15, 0.2) is 29.4 Å². The van der Waals surface area contributed by atoms with Gasteiger partial charge in [-0.2, -0.15) is 18.3 Å². The zero-order valence-corrected chi connectivity index (χ0v) is 20.1. The Morgan fingerprint density at radius 3 is 2.86 bits per heavy atom. The number of fused-ring (bicyclic) bond motifs is 1. The Morgan fingerprint density at radius 2 is 2.14 bits per heavy atom. The molecule has 1 aliphatic rings. The van der Waals surface area contributed by atoms with Gasteiger partial charge in [0.2, 0.25) is 0 Å². The van der Waals surface area contributed by atoms with Crippen molar-refractivity contribution in [1.82, 2.24) is 20.6 Å². The average Bonchev–Trinajstić information content (AvgIpc) is 3.19. The summed E-state index contributed by atoms with van der Waals surface area (Å²) in [6, 6.07) is 7.09. The summed E-state index contributed by atoms with van der Waals surface area (Å²) in [6.45, 7) is 1.01. The van der Waals surface area contributed by atoms with Crippen LogP contribution in [0.5, 0.6) is 5.75 Å². The molecule has 36 heavy (non-hydrogen) atoms. The number of alkyl halides is 3. The summed E-state index contributed by atoms with van der Waals surface area (Å²) in [5.74, 6) is 5.57. The third kappa shape index (κ3) is 7.59. The van der Waals surface area contributed by atoms with Gasteiger partial charge in [0.05, 0.1) is 17.9 Å². The summed E-state index contributed by atoms with van der Waals surface area (Å²) in [4.78, 5) is 13.0. The highest BCUT2D eigenvalue weighted by atomic mass is 19.4. The van der Waals surface area contributed by atoms with Gasteiger partial charge in [-0.25, -0.2) is 11.4 Å². The van der Waals surface area contributed by atoms with Crippen molar-refractivity contribution >= 4 is 11.7 Å². The summed E-state index contributed by atoms with van der Waals surface area (Å²) < 4.78 is 49.1. The van der Waals surface area contributed by atoms with Gasteiger partial charge in [-0.3, -0.25) is 9.48 Å². The second-order valence-electron chi connectivity index (χ2n) is 8.49. The molecule has 6 N–H and O–H groups in total. The van der Waals surface area contributed by atoms with Crippen LogP contribution >= 0.6 is 0 Å². The normalized spacial score (nSPS) is 16.0. The molecule has 2 heterocycles. The van der Waals surface area contributed by atoms with Gasteiger partial charge in [0.15, 0.2) is 5.84 Å². The topological polar surface area (TPSA) is 142 Å². The van der Waals surface area contributed by atoms with E-state index in [1.807, 2.05) is 12.1 Å². The first-order valence-corrected chi connectivity index (χ1v) is 11.7. The smallest absolute Gasteiger partial charge is 0.389 e. The van der Waals surface area contributed by atoms with Gasteiger partial charge in [-0.05, 0) is 43.4 Å². The quantitative estimate of drug-likeness (QED) is 0.106. The zero-order chi connectivity index (χ0) is 26.1. The van der Waals surface area contributed by atoms with Crippen LogP contribution in [0, 0.1) is 0 Å². The molecule has 0 spiro atoms. The van der Waals surface area contributed by atoms with Crippen LogP contribution in [0.2, 0.25) is 0 Å². The number of aromatic nitrogens is 2. The third-order valence-corrected chi connectivity index (χ3v) is 5.73. The number of nitrogens with one attached hydrogen (secondary N) is 2. The molecule has 1 atom stereocenters. The van der Waals surface area contributed by atoms with E-state index in [1.54, 1.807) is 23.9 Å². The van der Waals surface area contributed by atoms with E-state index in [2.05, 4.69) is 21.1 Å². The SMILES string of the molecule is COCCCn1nc2c(c1/C(N)=N/NN)C(=O)NC(CCc1cccc(OCCCC(F)(F)F)c1)C2. The Kier molecular flexibility index (Phi) is 9.53. The lowest BCUT2D eigenvalue weighted by Crippen LogP contribution is -2.42. The number of hydrazine groups is 1. The van der Waals surface area contributed by atoms with Crippen molar-refractivity contribution in [1.29, 1.82) is 0 Å². The number of nitrogens with zero attached hydrogens (tertiary/aromatic N) is 3. The van der Waals surface area contributed by atoms with E-state index in [0.29, 0.717) is 61.5 Å². The van der Waals surface area contributed by atoms with Crippen molar-refractivity contribution in [3.8, 4) is 5.75 Å². The lowest BCUT2D eigenvalue weighted by atomic mass is 9.95. The number of hydrazone groups is 1. The number of halogens is 3. The highest BCUT2D eigenvalue weighted by Crippen LogP contribution is 2.24. The number of ether oxygens (including phenoxy) is 2. The van der Waals surface area contributed by atoms with E-state index in [0.717, 1.165) is 5.56 Å². The van der Waals surface area contributed by atoms with Crippen LogP contribution in [0.4, 0.5) is 13.2 Å². The average molecular weight is 512 g/mol. The summed E-state index contributed by atoms with van der Waals surface area (Å²) in [7, 11) is 1.61. The molecule has 198 valence electrons. The molecule has 1 unspecified atom stereocenters. The van der Waals surface area contributed by atoms with Crippen LogP contribution < -0.4 is 27.2 Å². The second kappa shape index (κ2) is 12.6. The number of benzene rings is 1. The molecular weight excluding hydrogens is 479 g/mol. The number of hydrogen-bond donors (Lipinski definition) is 4. The molecule has 0 fully saturated rings. The molecule has 2 aromatic rings. The maximum atomic E-state index is 13.0. The molecule has 0 saturated carbocycles. The van der Waals surface area contributed by atoms with Crippen LogP contribution in [-0.2, 0) is 24.1 Å². The summed E-state index contributed by atoms with van der Waals surface area (Å²) in [5.41, 5.74) is 10.6. The van der Waals surface area contributed by atoms with Gasteiger partial charge >= 0.3 is 6.18 Å². The van der Waals surface area contributed by atoms with Crippen LogP contribution in [0.1, 0.15) is 53.0 Å². The molecule has 0 aliphatic carbocycles. The van der Waals surface area contributed by atoms with Crippen molar-refractivity contribution in [2.24, 2.45) is 16.7 Å². The van der Waals surface area contributed by atoms with Crippen molar-refractivity contribution < 1.29 is 27.4 Å². The molecule has 1 amide bonds. The number of amidine groups is 1. The van der Waals surface area contributed by atoms with Gasteiger partial charge in [-0.15, -0.1) is 5.10 Å². The van der Waals surface area contributed by atoms with Gasteiger partial charge in [0.25, 0.3) is 5.91 Å². The highest BCUT2D eigenvalue weighted by Gasteiger charge is 2.32. The summed E-state index contributed by atoms with van der Waals surface area (Å²) >= 11 is 0. The first-order chi connectivity index (χ1) is 17.2. The maximum absolute atomic E-state index is 13.0. The Hall–Kier alpha value is -3.32. The molecule has 0 bridgehead atoms. The summed E-state index contributed by atoms with van der Waals surface area (Å²) in [5, 5.41) is 11.5. The van der Waals surface area contributed by atoms with E-state index in [4.69, 9.17) is 21.1 Å². The largest absolute Gasteiger partial charge is 0.494 e. The molecule has 1 aliphatic heterocycles. The Morgan fingerprint density at radius 1 is 1.33 bits per heavy atom. The van der Waals surface area contributed by atoms with Crippen LogP contribution in [-0.4, -0.2) is 54.1 Å². The van der Waals surface area contributed by atoms with E-state index < -0.39 is 12.6 Å². The molecule has 13 heteroatoms. The van der Waals surface area contributed by atoms with Gasteiger partial charge < -0.3 is 20.5 Å². The number of carbonyl (C=O) groups is 1. The molecule has 0 saturated heterocycles. The first kappa shape index (κ1) is 27.3. The number of rotatable bonds is 13. The monoisotopic (exact) mass is 511 g/mol. The fraction of sp³-hybridized carbons (Fsp3) is 0.522. The third-order valence-electron chi connectivity index (χ3n) is 5.73. The van der Waals surface area contributed by atoms with Crippen molar-refractivity contribution in [3.63, 3.8) is 0 Å². The van der Waals surface area contributed by atoms with E-state index in [1.165, 1.54) is 0 Å². The van der Waals surface area contributed by atoms with Crippen molar-refractivity contribution in [2.45, 2.75) is 57.3 Å². The standard InChI is InChI=1S/C23H32F3N7O3/c1-35-11-4-10-33-20(21(27)30-32-28)19-18(31-33)14-16(29-22(19)34)8-7-15-5-2-6-17(13-15)36-12-3-9-23(24,25)26/h2,5-6,13,16,32H,3-4,7-12,14,28H2,1H3,(H2,27,30)(H,29,34). The van der Waals surface area contributed by atoms with Gasteiger partial charge in [0, 0.05) is 39.1 Å². The van der Waals surface area contributed by atoms with Crippen LogP contribution in [0.3, 0.4) is 0 Å². The minimum absolute atomic E-state index is 0.00803. The minimum Gasteiger partial charge on any atom is -0.494 e. The number of amides is 1. The van der Waals surface area contributed by atoms with Gasteiger partial charge in [-0.1, -0.05) is 12.1 Å². The fourth-order valence-corrected chi connectivity index (χ4v) is 4.11. The first-order valence-electron chi connectivity index (χ1n) is 11.7. The van der Waals surface area contributed by atoms with Crippen molar-refractivity contribution in [2.75, 3.05) is 20.3 Å². The number of methoxy groups -OCH3 is 1. The van der Waals surface area contributed by atoms with E-state index >= 15 is 0 Å². The van der Waals surface area contributed by atoms with E-state index in [9.17, 15) is 18.0 Å². The predicted molar refractivity (Wildman–Crippen MR) is 127 cm³/mol. The lowest BCUT2D eigenvalue weighted by Gasteiger charge is -2.23. The summed E-state index contributed by atoms with van der Waals surface area (Å²) in [6.07, 6.45) is -2.68. The lowest BCUT2D eigenvalue weighted by molar-refractivity contribution is -0.136. The maximum Gasteiger partial charge on any atom is 0.389 e. The minimum atomic E-state index is -4.18. The number of aryl methyl sites for hydroxylation is 2. The van der Waals surface area contributed by atoms with Gasteiger partial charge in [0.1, 0.15) is 11.4 Å². The molecule has 1 aromatic heterocycles. The van der Waals surface area contributed by atoms with Crippen molar-refractivity contribution in [3.05, 3.63) is 46.8 Å². The Bertz CT molecular complexity index is 1060. The molecule has 3 rings (SSSR count). The molecular formula is C23H32F3N7O3. The Labute approximate surface area is 207 Å².